The monoisotopic (exact) mass is 288 g/mol. The third-order valence-electron chi connectivity index (χ3n) is 4.80. The second kappa shape index (κ2) is 7.92. The van der Waals surface area contributed by atoms with E-state index in [1.165, 1.54) is 50.9 Å². The summed E-state index contributed by atoms with van der Waals surface area (Å²) < 4.78 is 5.99. The lowest BCUT2D eigenvalue weighted by molar-refractivity contribution is 0.0285. The number of nitrogens with one attached hydrogen (secondary N) is 1. The predicted octanol–water partition coefficient (Wildman–Crippen LogP) is 2.63. The highest BCUT2D eigenvalue weighted by Gasteiger charge is 2.23. The summed E-state index contributed by atoms with van der Waals surface area (Å²) in [6.45, 7) is 6.82. The minimum absolute atomic E-state index is 0.502. The first-order valence-electron chi connectivity index (χ1n) is 8.51. The minimum atomic E-state index is 0.502. The van der Waals surface area contributed by atoms with Crippen LogP contribution in [0.5, 0.6) is 0 Å². The fourth-order valence-electron chi connectivity index (χ4n) is 3.53. The zero-order valence-corrected chi connectivity index (χ0v) is 13.0. The van der Waals surface area contributed by atoms with Crippen LogP contribution in [-0.4, -0.2) is 50.3 Å². The second-order valence-electron chi connectivity index (χ2n) is 6.37. The summed E-state index contributed by atoms with van der Waals surface area (Å²) in [5.74, 6) is 0.733. The van der Waals surface area contributed by atoms with Gasteiger partial charge in [0.2, 0.25) is 0 Å². The summed E-state index contributed by atoms with van der Waals surface area (Å²) >= 11 is 0. The Morgan fingerprint density at radius 1 is 1.10 bits per heavy atom. The van der Waals surface area contributed by atoms with Gasteiger partial charge >= 0.3 is 0 Å². The van der Waals surface area contributed by atoms with Crippen molar-refractivity contribution in [2.45, 2.75) is 37.7 Å². The summed E-state index contributed by atoms with van der Waals surface area (Å²) in [6, 6.07) is 11.0. The van der Waals surface area contributed by atoms with Crippen LogP contribution < -0.4 is 5.32 Å². The van der Waals surface area contributed by atoms with Crippen molar-refractivity contribution in [2.75, 3.05) is 39.3 Å². The van der Waals surface area contributed by atoms with Crippen LogP contribution in [0.2, 0.25) is 0 Å². The Morgan fingerprint density at radius 2 is 1.90 bits per heavy atom. The molecule has 3 heteroatoms. The van der Waals surface area contributed by atoms with Gasteiger partial charge in [0, 0.05) is 19.7 Å². The van der Waals surface area contributed by atoms with E-state index >= 15 is 0 Å². The number of hydrogen-bond donors (Lipinski definition) is 1. The van der Waals surface area contributed by atoms with E-state index in [9.17, 15) is 0 Å². The molecule has 0 aromatic heterocycles. The van der Waals surface area contributed by atoms with Crippen LogP contribution in [0.4, 0.5) is 0 Å². The van der Waals surface area contributed by atoms with E-state index in [0.29, 0.717) is 6.10 Å². The smallest absolute Gasteiger partial charge is 0.0599 e. The fraction of sp³-hybridized carbons (Fsp3) is 0.667. The van der Waals surface area contributed by atoms with E-state index in [2.05, 4.69) is 40.5 Å². The van der Waals surface area contributed by atoms with Crippen molar-refractivity contribution in [3.8, 4) is 0 Å². The molecule has 0 bridgehead atoms. The Hall–Kier alpha value is -0.900. The average Bonchev–Trinajstić information content (AvgIpc) is 3.02. The van der Waals surface area contributed by atoms with Crippen LogP contribution in [0.1, 0.15) is 37.2 Å². The minimum Gasteiger partial charge on any atom is -0.378 e. The van der Waals surface area contributed by atoms with Gasteiger partial charge < -0.3 is 15.0 Å². The van der Waals surface area contributed by atoms with Crippen molar-refractivity contribution >= 4 is 0 Å². The molecule has 2 aliphatic heterocycles. The van der Waals surface area contributed by atoms with E-state index in [1.54, 1.807) is 0 Å². The highest BCUT2D eigenvalue weighted by atomic mass is 16.5. The summed E-state index contributed by atoms with van der Waals surface area (Å²) in [6.07, 6.45) is 5.34. The first-order valence-corrected chi connectivity index (χ1v) is 8.51. The molecule has 0 spiro atoms. The molecule has 0 saturated carbocycles. The highest BCUT2D eigenvalue weighted by Crippen LogP contribution is 2.26. The number of hydrogen-bond acceptors (Lipinski definition) is 3. The van der Waals surface area contributed by atoms with Gasteiger partial charge in [-0.1, -0.05) is 30.3 Å². The zero-order valence-electron chi connectivity index (χ0n) is 13.0. The Balaban J connectivity index is 1.32. The molecule has 21 heavy (non-hydrogen) atoms. The van der Waals surface area contributed by atoms with E-state index in [0.717, 1.165) is 25.6 Å². The van der Waals surface area contributed by atoms with Gasteiger partial charge in [-0.25, -0.2) is 0 Å². The highest BCUT2D eigenvalue weighted by molar-refractivity contribution is 5.20. The number of rotatable bonds is 6. The summed E-state index contributed by atoms with van der Waals surface area (Å²) in [5, 5.41) is 3.38. The standard InChI is InChI=1S/C18H28N2O/c1-2-5-16(6-3-1)17-9-13-20(15-17)12-4-14-21-18-7-10-19-11-8-18/h1-3,5-6,17-19H,4,7-15H2. The van der Waals surface area contributed by atoms with Crippen molar-refractivity contribution in [2.24, 2.45) is 0 Å². The van der Waals surface area contributed by atoms with E-state index in [-0.39, 0.29) is 0 Å². The first-order chi connectivity index (χ1) is 10.4. The molecule has 0 amide bonds. The van der Waals surface area contributed by atoms with Gasteiger partial charge in [0.05, 0.1) is 6.10 Å². The molecular weight excluding hydrogens is 260 g/mol. The lowest BCUT2D eigenvalue weighted by Crippen LogP contribution is -2.33. The fourth-order valence-corrected chi connectivity index (χ4v) is 3.53. The van der Waals surface area contributed by atoms with Crippen LogP contribution in [-0.2, 0) is 4.74 Å². The molecule has 1 unspecified atom stereocenters. The van der Waals surface area contributed by atoms with E-state index in [4.69, 9.17) is 4.74 Å². The van der Waals surface area contributed by atoms with Gasteiger partial charge in [-0.05, 0) is 56.8 Å². The molecule has 1 N–H and O–H groups in total. The third-order valence-corrected chi connectivity index (χ3v) is 4.80. The molecule has 2 fully saturated rings. The molecule has 3 nitrogen and oxygen atoms in total. The van der Waals surface area contributed by atoms with Crippen LogP contribution in [0.15, 0.2) is 30.3 Å². The molecular formula is C18H28N2O. The number of benzene rings is 1. The van der Waals surface area contributed by atoms with Gasteiger partial charge in [-0.2, -0.15) is 0 Å². The summed E-state index contributed by atoms with van der Waals surface area (Å²) in [5.41, 5.74) is 1.51. The zero-order chi connectivity index (χ0) is 14.3. The van der Waals surface area contributed by atoms with Crippen LogP contribution in [0.3, 0.4) is 0 Å². The maximum Gasteiger partial charge on any atom is 0.0599 e. The summed E-state index contributed by atoms with van der Waals surface area (Å²) in [7, 11) is 0. The third kappa shape index (κ3) is 4.53. The number of likely N-dealkylation sites (tertiary alicyclic amines) is 1. The first kappa shape index (κ1) is 15.0. The molecule has 3 rings (SSSR count). The SMILES string of the molecule is c1ccc(C2CCN(CCCOC3CCNCC3)C2)cc1. The largest absolute Gasteiger partial charge is 0.378 e. The van der Waals surface area contributed by atoms with Crippen LogP contribution >= 0.6 is 0 Å². The Morgan fingerprint density at radius 3 is 2.71 bits per heavy atom. The molecule has 0 radical (unpaired) electrons. The maximum atomic E-state index is 5.99. The molecule has 116 valence electrons. The van der Waals surface area contributed by atoms with Crippen molar-refractivity contribution in [1.82, 2.24) is 10.2 Å². The molecule has 1 atom stereocenters. The summed E-state index contributed by atoms with van der Waals surface area (Å²) in [4.78, 5) is 2.60. The lowest BCUT2D eigenvalue weighted by Gasteiger charge is -2.23. The molecule has 1 aromatic carbocycles. The normalized spacial score (nSPS) is 24.5. The number of ether oxygens (including phenoxy) is 1. The lowest BCUT2D eigenvalue weighted by atomic mass is 9.99. The van der Waals surface area contributed by atoms with Gasteiger partial charge in [-0.15, -0.1) is 0 Å². The number of nitrogens with zero attached hydrogens (tertiary/aromatic N) is 1. The topological polar surface area (TPSA) is 24.5 Å². The van der Waals surface area contributed by atoms with Crippen LogP contribution in [0.25, 0.3) is 0 Å². The van der Waals surface area contributed by atoms with Crippen molar-refractivity contribution < 1.29 is 4.74 Å². The van der Waals surface area contributed by atoms with Crippen molar-refractivity contribution in [3.63, 3.8) is 0 Å². The average molecular weight is 288 g/mol. The Bertz CT molecular complexity index is 403. The maximum absolute atomic E-state index is 5.99. The van der Waals surface area contributed by atoms with Gasteiger partial charge in [0.1, 0.15) is 0 Å². The molecule has 2 aliphatic rings. The molecule has 0 aliphatic carbocycles. The molecule has 2 saturated heterocycles. The number of piperidine rings is 1. The van der Waals surface area contributed by atoms with Crippen LogP contribution in [0, 0.1) is 0 Å². The van der Waals surface area contributed by atoms with E-state index in [1.807, 2.05) is 0 Å². The Kier molecular flexibility index (Phi) is 5.67. The Labute approximate surface area is 128 Å². The van der Waals surface area contributed by atoms with Crippen molar-refractivity contribution in [1.29, 1.82) is 0 Å². The van der Waals surface area contributed by atoms with Gasteiger partial charge in [-0.3, -0.25) is 0 Å². The quantitative estimate of drug-likeness (QED) is 0.815. The second-order valence-corrected chi connectivity index (χ2v) is 6.37. The van der Waals surface area contributed by atoms with E-state index < -0.39 is 0 Å². The van der Waals surface area contributed by atoms with Gasteiger partial charge in [0.25, 0.3) is 0 Å². The molecule has 2 heterocycles. The van der Waals surface area contributed by atoms with Gasteiger partial charge in [0.15, 0.2) is 0 Å². The van der Waals surface area contributed by atoms with Crippen molar-refractivity contribution in [3.05, 3.63) is 35.9 Å². The molecule has 1 aromatic rings. The predicted molar refractivity (Wildman–Crippen MR) is 86.7 cm³/mol.